The molecule has 1 saturated heterocycles. The summed E-state index contributed by atoms with van der Waals surface area (Å²) in [7, 11) is 1.68. The average molecular weight is 294 g/mol. The van der Waals surface area contributed by atoms with Gasteiger partial charge in [-0.1, -0.05) is 6.07 Å². The van der Waals surface area contributed by atoms with E-state index in [1.807, 2.05) is 11.8 Å². The molecule has 0 radical (unpaired) electrons. The molecular formula is C15H22N2O4. The van der Waals surface area contributed by atoms with Crippen LogP contribution in [0.4, 0.5) is 11.4 Å². The summed E-state index contributed by atoms with van der Waals surface area (Å²) in [4.78, 5) is 12.9. The van der Waals surface area contributed by atoms with Crippen molar-refractivity contribution in [1.82, 2.24) is 0 Å². The predicted molar refractivity (Wildman–Crippen MR) is 80.6 cm³/mol. The second kappa shape index (κ2) is 5.99. The fourth-order valence-electron chi connectivity index (χ4n) is 2.79. The molecular weight excluding hydrogens is 272 g/mol. The third-order valence-electron chi connectivity index (χ3n) is 4.17. The molecule has 1 aromatic carbocycles. The first-order chi connectivity index (χ1) is 9.86. The molecule has 1 aliphatic rings. The molecule has 1 unspecified atom stereocenters. The van der Waals surface area contributed by atoms with E-state index in [1.54, 1.807) is 26.2 Å². The number of nitro groups is 1. The largest absolute Gasteiger partial charge is 0.389 e. The van der Waals surface area contributed by atoms with E-state index in [0.29, 0.717) is 17.8 Å². The van der Waals surface area contributed by atoms with Crippen LogP contribution in [0.15, 0.2) is 18.2 Å². The third kappa shape index (κ3) is 3.33. The van der Waals surface area contributed by atoms with Gasteiger partial charge < -0.3 is 14.7 Å². The Morgan fingerprint density at radius 3 is 2.81 bits per heavy atom. The van der Waals surface area contributed by atoms with Crippen molar-refractivity contribution in [1.29, 1.82) is 0 Å². The molecule has 2 rings (SSSR count). The first-order valence-electron chi connectivity index (χ1n) is 7.13. The van der Waals surface area contributed by atoms with Crippen molar-refractivity contribution in [3.63, 3.8) is 0 Å². The summed E-state index contributed by atoms with van der Waals surface area (Å²) in [6, 6.07) is 4.92. The van der Waals surface area contributed by atoms with Gasteiger partial charge in [-0.3, -0.25) is 10.1 Å². The van der Waals surface area contributed by atoms with Gasteiger partial charge in [-0.25, -0.2) is 0 Å². The Morgan fingerprint density at radius 1 is 1.52 bits per heavy atom. The van der Waals surface area contributed by atoms with Crippen LogP contribution >= 0.6 is 0 Å². The van der Waals surface area contributed by atoms with Gasteiger partial charge in [-0.05, 0) is 38.3 Å². The highest BCUT2D eigenvalue weighted by Crippen LogP contribution is 2.35. The summed E-state index contributed by atoms with van der Waals surface area (Å²) >= 11 is 0. The molecule has 6 nitrogen and oxygen atoms in total. The number of aliphatic hydroxyl groups excluding tert-OH is 1. The molecule has 1 aliphatic heterocycles. The molecule has 2 atom stereocenters. The van der Waals surface area contributed by atoms with Crippen molar-refractivity contribution < 1.29 is 14.8 Å². The topological polar surface area (TPSA) is 75.8 Å². The molecule has 0 bridgehead atoms. The van der Waals surface area contributed by atoms with Gasteiger partial charge in [0.15, 0.2) is 0 Å². The zero-order valence-corrected chi connectivity index (χ0v) is 12.7. The molecule has 0 aliphatic carbocycles. The number of benzene rings is 1. The molecule has 0 saturated carbocycles. The zero-order valence-electron chi connectivity index (χ0n) is 12.7. The second-order valence-corrected chi connectivity index (χ2v) is 5.86. The Balaban J connectivity index is 2.36. The number of hydrogen-bond donors (Lipinski definition) is 1. The normalized spacial score (nSPS) is 23.9. The Labute approximate surface area is 124 Å². The maximum atomic E-state index is 11.3. The van der Waals surface area contributed by atoms with Crippen molar-refractivity contribution in [2.24, 2.45) is 0 Å². The van der Waals surface area contributed by atoms with Crippen molar-refractivity contribution in [2.75, 3.05) is 25.1 Å². The Hall–Kier alpha value is -1.66. The van der Waals surface area contributed by atoms with Gasteiger partial charge in [-0.15, -0.1) is 0 Å². The lowest BCUT2D eigenvalue weighted by Crippen LogP contribution is -2.47. The number of rotatable bonds is 4. The van der Waals surface area contributed by atoms with E-state index in [0.717, 1.165) is 19.4 Å². The highest BCUT2D eigenvalue weighted by Gasteiger charge is 2.33. The fourth-order valence-corrected chi connectivity index (χ4v) is 2.79. The number of anilines is 1. The van der Waals surface area contributed by atoms with E-state index in [1.165, 1.54) is 6.07 Å². The van der Waals surface area contributed by atoms with E-state index < -0.39 is 6.10 Å². The molecule has 1 heterocycles. The smallest absolute Gasteiger partial charge is 0.292 e. The second-order valence-electron chi connectivity index (χ2n) is 5.86. The highest BCUT2D eigenvalue weighted by molar-refractivity contribution is 5.65. The van der Waals surface area contributed by atoms with Crippen LogP contribution in [0.1, 0.15) is 38.4 Å². The van der Waals surface area contributed by atoms with Crippen LogP contribution in [-0.4, -0.2) is 35.8 Å². The van der Waals surface area contributed by atoms with Crippen LogP contribution in [0.25, 0.3) is 0 Å². The SMILES string of the molecule is COC1(C)CCCN(c2ccc([C@H](C)O)cc2[N+](=O)[O-])C1. The number of hydrogen-bond acceptors (Lipinski definition) is 5. The Kier molecular flexibility index (Phi) is 4.49. The minimum Gasteiger partial charge on any atom is -0.389 e. The molecule has 116 valence electrons. The molecule has 1 aromatic rings. The van der Waals surface area contributed by atoms with Crippen LogP contribution in [0.3, 0.4) is 0 Å². The summed E-state index contributed by atoms with van der Waals surface area (Å²) in [6.07, 6.45) is 1.16. The van der Waals surface area contributed by atoms with Crippen LogP contribution in [0.5, 0.6) is 0 Å². The average Bonchev–Trinajstić information content (AvgIpc) is 2.46. The van der Waals surface area contributed by atoms with E-state index in [-0.39, 0.29) is 16.2 Å². The van der Waals surface area contributed by atoms with Crippen molar-refractivity contribution >= 4 is 11.4 Å². The summed E-state index contributed by atoms with van der Waals surface area (Å²) in [5, 5.41) is 20.9. The fraction of sp³-hybridized carbons (Fsp3) is 0.600. The predicted octanol–water partition coefficient (Wildman–Crippen LogP) is 2.65. The maximum absolute atomic E-state index is 11.3. The molecule has 21 heavy (non-hydrogen) atoms. The monoisotopic (exact) mass is 294 g/mol. The first-order valence-corrected chi connectivity index (χ1v) is 7.13. The number of aliphatic hydroxyl groups is 1. The Bertz CT molecular complexity index is 532. The van der Waals surface area contributed by atoms with E-state index in [2.05, 4.69) is 0 Å². The lowest BCUT2D eigenvalue weighted by atomic mass is 9.94. The summed E-state index contributed by atoms with van der Waals surface area (Å²) < 4.78 is 5.54. The van der Waals surface area contributed by atoms with Gasteiger partial charge in [0.1, 0.15) is 5.69 Å². The standard InChI is InChI=1S/C15H22N2O4/c1-11(18)12-5-6-13(14(9-12)17(19)20)16-8-4-7-15(2,10-16)21-3/h5-6,9,11,18H,4,7-8,10H2,1-3H3/t11-,15?/m0/s1. The Morgan fingerprint density at radius 2 is 2.24 bits per heavy atom. The van der Waals surface area contributed by atoms with Gasteiger partial charge in [0.25, 0.3) is 5.69 Å². The molecule has 1 N–H and O–H groups in total. The minimum absolute atomic E-state index is 0.0359. The lowest BCUT2D eigenvalue weighted by Gasteiger charge is -2.40. The van der Waals surface area contributed by atoms with E-state index in [9.17, 15) is 15.2 Å². The van der Waals surface area contributed by atoms with Gasteiger partial charge in [0, 0.05) is 26.3 Å². The molecule has 0 spiro atoms. The molecule has 0 aromatic heterocycles. The van der Waals surface area contributed by atoms with E-state index >= 15 is 0 Å². The van der Waals surface area contributed by atoms with Gasteiger partial charge in [-0.2, -0.15) is 0 Å². The number of nitrogens with zero attached hydrogens (tertiary/aromatic N) is 2. The first kappa shape index (κ1) is 15.7. The van der Waals surface area contributed by atoms with Gasteiger partial charge in [0.2, 0.25) is 0 Å². The van der Waals surface area contributed by atoms with Crippen molar-refractivity contribution in [3.05, 3.63) is 33.9 Å². The van der Waals surface area contributed by atoms with Crippen molar-refractivity contribution in [3.8, 4) is 0 Å². The maximum Gasteiger partial charge on any atom is 0.292 e. The van der Waals surface area contributed by atoms with Gasteiger partial charge >= 0.3 is 0 Å². The molecule has 6 heteroatoms. The van der Waals surface area contributed by atoms with Crippen LogP contribution < -0.4 is 4.90 Å². The summed E-state index contributed by atoms with van der Waals surface area (Å²) in [6.45, 7) is 5.02. The van der Waals surface area contributed by atoms with Crippen molar-refractivity contribution in [2.45, 2.75) is 38.4 Å². The van der Waals surface area contributed by atoms with E-state index in [4.69, 9.17) is 4.74 Å². The van der Waals surface area contributed by atoms with Crippen LogP contribution in [0, 0.1) is 10.1 Å². The highest BCUT2D eigenvalue weighted by atomic mass is 16.6. The van der Waals surface area contributed by atoms with Crippen LogP contribution in [0.2, 0.25) is 0 Å². The number of nitro benzene ring substituents is 1. The zero-order chi connectivity index (χ0) is 15.6. The summed E-state index contributed by atoms with van der Waals surface area (Å²) in [5.74, 6) is 0. The van der Waals surface area contributed by atoms with Crippen LogP contribution in [-0.2, 0) is 4.74 Å². The number of methoxy groups -OCH3 is 1. The summed E-state index contributed by atoms with van der Waals surface area (Å²) in [5.41, 5.74) is 0.896. The molecule has 1 fully saturated rings. The minimum atomic E-state index is -0.719. The molecule has 0 amide bonds. The lowest BCUT2D eigenvalue weighted by molar-refractivity contribution is -0.384. The number of ether oxygens (including phenoxy) is 1. The quantitative estimate of drug-likeness (QED) is 0.682. The third-order valence-corrected chi connectivity index (χ3v) is 4.17. The number of piperidine rings is 1. The van der Waals surface area contributed by atoms with Gasteiger partial charge in [0.05, 0.1) is 16.6 Å².